The maximum absolute atomic E-state index is 6.58. The molecule has 180 valence electrons. The number of nitrogens with zero attached hydrogens (tertiary/aromatic N) is 3. The maximum atomic E-state index is 6.58. The smallest absolute Gasteiger partial charge is 0.128 e. The zero-order valence-electron chi connectivity index (χ0n) is 20.7. The van der Waals surface area contributed by atoms with Gasteiger partial charge in [0.15, 0.2) is 0 Å². The number of anilines is 1. The molecule has 0 spiro atoms. The molecule has 0 aliphatic carbocycles. The lowest BCUT2D eigenvalue weighted by Gasteiger charge is -2.35. The number of hydrogen-bond acceptors (Lipinski definition) is 5. The highest BCUT2D eigenvalue weighted by molar-refractivity contribution is 5.49. The highest BCUT2D eigenvalue weighted by Gasteiger charge is 2.22. The van der Waals surface area contributed by atoms with Crippen LogP contribution in [-0.2, 0) is 6.54 Å². The van der Waals surface area contributed by atoms with Gasteiger partial charge in [-0.2, -0.15) is 0 Å². The molecule has 0 unspecified atom stereocenters. The Morgan fingerprint density at radius 3 is 2.26 bits per heavy atom. The van der Waals surface area contributed by atoms with Gasteiger partial charge in [0.1, 0.15) is 17.6 Å². The van der Waals surface area contributed by atoms with Crippen LogP contribution in [0.4, 0.5) is 5.69 Å². The second-order valence-electron chi connectivity index (χ2n) is 9.13. The van der Waals surface area contributed by atoms with Crippen molar-refractivity contribution in [2.45, 2.75) is 19.1 Å². The Balaban J connectivity index is 1.39. The van der Waals surface area contributed by atoms with E-state index >= 15 is 0 Å². The van der Waals surface area contributed by atoms with Crippen molar-refractivity contribution in [1.82, 2.24) is 9.80 Å². The maximum Gasteiger partial charge on any atom is 0.128 e. The molecule has 0 amide bonds. The van der Waals surface area contributed by atoms with Gasteiger partial charge in [-0.05, 0) is 23.8 Å². The van der Waals surface area contributed by atoms with E-state index in [0.29, 0.717) is 0 Å². The summed E-state index contributed by atoms with van der Waals surface area (Å²) < 4.78 is 12.3. The summed E-state index contributed by atoms with van der Waals surface area (Å²) in [5.74, 6) is 1.76. The fraction of sp³-hybridized carbons (Fsp3) is 0.379. The van der Waals surface area contributed by atoms with Crippen molar-refractivity contribution in [2.24, 2.45) is 0 Å². The number of ether oxygens (including phenoxy) is 2. The highest BCUT2D eigenvalue weighted by atomic mass is 16.5. The van der Waals surface area contributed by atoms with Crippen LogP contribution in [0.25, 0.3) is 0 Å². The number of methoxy groups -OCH3 is 1. The summed E-state index contributed by atoms with van der Waals surface area (Å²) in [5, 5.41) is 0. The zero-order valence-corrected chi connectivity index (χ0v) is 20.7. The molecule has 0 radical (unpaired) electrons. The first-order chi connectivity index (χ1) is 16.6. The molecule has 1 fully saturated rings. The van der Waals surface area contributed by atoms with Crippen LogP contribution in [0, 0.1) is 0 Å². The van der Waals surface area contributed by atoms with Crippen molar-refractivity contribution in [1.29, 1.82) is 0 Å². The predicted molar refractivity (Wildman–Crippen MR) is 140 cm³/mol. The lowest BCUT2D eigenvalue weighted by atomic mass is 10.0. The van der Waals surface area contributed by atoms with E-state index in [1.165, 1.54) is 5.56 Å². The van der Waals surface area contributed by atoms with E-state index in [0.717, 1.165) is 68.4 Å². The molecule has 0 N–H and O–H groups in total. The van der Waals surface area contributed by atoms with Gasteiger partial charge in [0.2, 0.25) is 0 Å². The fourth-order valence-electron chi connectivity index (χ4n) is 4.52. The Kier molecular flexibility index (Phi) is 8.45. The molecule has 3 aromatic carbocycles. The van der Waals surface area contributed by atoms with Gasteiger partial charge in [0.05, 0.1) is 7.11 Å². The minimum Gasteiger partial charge on any atom is -0.496 e. The first-order valence-corrected chi connectivity index (χ1v) is 12.2. The van der Waals surface area contributed by atoms with Crippen LogP contribution in [0.3, 0.4) is 0 Å². The SMILES string of the molecule is COc1ccccc1[C@@H](CCN1CCN(Cc2ccccc2)CC1)Oc1cccc(N(C)C)c1. The molecule has 34 heavy (non-hydrogen) atoms. The van der Waals surface area contributed by atoms with E-state index in [4.69, 9.17) is 9.47 Å². The summed E-state index contributed by atoms with van der Waals surface area (Å²) in [7, 11) is 5.83. The lowest BCUT2D eigenvalue weighted by Crippen LogP contribution is -2.46. The Labute approximate surface area is 204 Å². The van der Waals surface area contributed by atoms with Crippen molar-refractivity contribution in [3.05, 3.63) is 90.0 Å². The third-order valence-electron chi connectivity index (χ3n) is 6.52. The Hall–Kier alpha value is -3.02. The molecule has 0 aromatic heterocycles. The van der Waals surface area contributed by atoms with Gasteiger partial charge in [0.25, 0.3) is 0 Å². The molecular formula is C29H37N3O2. The molecule has 1 aliphatic rings. The Morgan fingerprint density at radius 1 is 0.824 bits per heavy atom. The molecule has 1 aliphatic heterocycles. The lowest BCUT2D eigenvalue weighted by molar-refractivity contribution is 0.106. The summed E-state index contributed by atoms with van der Waals surface area (Å²) in [4.78, 5) is 7.20. The molecule has 5 nitrogen and oxygen atoms in total. The monoisotopic (exact) mass is 459 g/mol. The van der Waals surface area contributed by atoms with E-state index in [-0.39, 0.29) is 6.10 Å². The average Bonchev–Trinajstić information content (AvgIpc) is 2.88. The first-order valence-electron chi connectivity index (χ1n) is 12.2. The van der Waals surface area contributed by atoms with Gasteiger partial charge in [-0.1, -0.05) is 54.6 Å². The number of benzene rings is 3. The number of para-hydroxylation sites is 1. The van der Waals surface area contributed by atoms with E-state index in [9.17, 15) is 0 Å². The van der Waals surface area contributed by atoms with Crippen molar-refractivity contribution in [3.63, 3.8) is 0 Å². The molecule has 0 bridgehead atoms. The van der Waals surface area contributed by atoms with Crippen molar-refractivity contribution in [3.8, 4) is 11.5 Å². The van der Waals surface area contributed by atoms with Crippen LogP contribution in [0.5, 0.6) is 11.5 Å². The van der Waals surface area contributed by atoms with Crippen molar-refractivity contribution >= 4 is 5.69 Å². The second kappa shape index (κ2) is 11.9. The standard InChI is InChI=1S/C29H37N3O2/c1-30(2)25-12-9-13-26(22-25)34-29(27-14-7-8-15-28(27)33-3)16-17-31-18-20-32(21-19-31)23-24-10-5-4-6-11-24/h4-15,22,29H,16-21,23H2,1-3H3/t29-/m1/s1. The fourth-order valence-corrected chi connectivity index (χ4v) is 4.52. The third-order valence-corrected chi connectivity index (χ3v) is 6.52. The van der Waals surface area contributed by atoms with Crippen molar-refractivity contribution < 1.29 is 9.47 Å². The van der Waals surface area contributed by atoms with E-state index in [1.54, 1.807) is 7.11 Å². The molecule has 3 aromatic rings. The molecule has 1 saturated heterocycles. The normalized spacial score (nSPS) is 15.6. The minimum atomic E-state index is -0.0732. The quantitative estimate of drug-likeness (QED) is 0.421. The van der Waals surface area contributed by atoms with E-state index < -0.39 is 0 Å². The van der Waals surface area contributed by atoms with Gasteiger partial charge in [-0.15, -0.1) is 0 Å². The van der Waals surface area contributed by atoms with Crippen LogP contribution in [0.2, 0.25) is 0 Å². The largest absolute Gasteiger partial charge is 0.496 e. The molecular weight excluding hydrogens is 422 g/mol. The minimum absolute atomic E-state index is 0.0732. The summed E-state index contributed by atoms with van der Waals surface area (Å²) in [5.41, 5.74) is 3.62. The number of piperazine rings is 1. The summed E-state index contributed by atoms with van der Waals surface area (Å²) >= 11 is 0. The van der Waals surface area contributed by atoms with Crippen LogP contribution < -0.4 is 14.4 Å². The number of hydrogen-bond donors (Lipinski definition) is 0. The highest BCUT2D eigenvalue weighted by Crippen LogP contribution is 2.33. The predicted octanol–water partition coefficient (Wildman–Crippen LogP) is 5.09. The number of rotatable bonds is 10. The van der Waals surface area contributed by atoms with E-state index in [1.807, 2.05) is 32.3 Å². The zero-order chi connectivity index (χ0) is 23.8. The second-order valence-corrected chi connectivity index (χ2v) is 9.13. The Bertz CT molecular complexity index is 1020. The Morgan fingerprint density at radius 2 is 1.53 bits per heavy atom. The van der Waals surface area contributed by atoms with Crippen LogP contribution in [-0.4, -0.2) is 63.7 Å². The summed E-state index contributed by atoms with van der Waals surface area (Å²) in [6.45, 7) is 6.39. The van der Waals surface area contributed by atoms with Gasteiger partial charge in [-0.25, -0.2) is 0 Å². The summed E-state index contributed by atoms with van der Waals surface area (Å²) in [6.07, 6.45) is 0.835. The summed E-state index contributed by atoms with van der Waals surface area (Å²) in [6, 6.07) is 27.3. The topological polar surface area (TPSA) is 28.2 Å². The van der Waals surface area contributed by atoms with Gasteiger partial charge in [0, 0.05) is 77.1 Å². The van der Waals surface area contributed by atoms with Crippen LogP contribution >= 0.6 is 0 Å². The molecule has 1 atom stereocenters. The molecule has 0 saturated carbocycles. The van der Waals surface area contributed by atoms with Crippen molar-refractivity contribution in [2.75, 3.05) is 58.8 Å². The third kappa shape index (κ3) is 6.52. The van der Waals surface area contributed by atoms with Gasteiger partial charge >= 0.3 is 0 Å². The van der Waals surface area contributed by atoms with Gasteiger partial charge in [-0.3, -0.25) is 4.90 Å². The van der Waals surface area contributed by atoms with Crippen LogP contribution in [0.1, 0.15) is 23.7 Å². The first kappa shape index (κ1) is 24.1. The van der Waals surface area contributed by atoms with Crippen LogP contribution in [0.15, 0.2) is 78.9 Å². The van der Waals surface area contributed by atoms with E-state index in [2.05, 4.69) is 75.4 Å². The average molecular weight is 460 g/mol. The molecule has 1 heterocycles. The van der Waals surface area contributed by atoms with Gasteiger partial charge < -0.3 is 19.3 Å². The molecule has 4 rings (SSSR count). The molecule has 5 heteroatoms.